The van der Waals surface area contributed by atoms with Crippen LogP contribution in [0.1, 0.15) is 12.8 Å². The Balaban J connectivity index is 1.84. The highest BCUT2D eigenvalue weighted by atomic mass is 33.1. The monoisotopic (exact) mass is 191 g/mol. The van der Waals surface area contributed by atoms with Gasteiger partial charge in [0.15, 0.2) is 0 Å². The fourth-order valence-electron chi connectivity index (χ4n) is 1.72. The van der Waals surface area contributed by atoms with Crippen molar-refractivity contribution in [1.29, 1.82) is 0 Å². The van der Waals surface area contributed by atoms with Crippen LogP contribution >= 0.6 is 22.6 Å². The second-order valence-corrected chi connectivity index (χ2v) is 4.67. The SMILES string of the molecule is SSN1CCC2(CC1)COC2. The molecule has 2 aliphatic rings. The Morgan fingerprint density at radius 3 is 2.27 bits per heavy atom. The molecule has 0 radical (unpaired) electrons. The third kappa shape index (κ3) is 1.54. The summed E-state index contributed by atoms with van der Waals surface area (Å²) in [6.45, 7) is 4.35. The van der Waals surface area contributed by atoms with E-state index in [0.717, 1.165) is 13.2 Å². The van der Waals surface area contributed by atoms with Gasteiger partial charge in [-0.05, 0) is 23.8 Å². The van der Waals surface area contributed by atoms with Crippen LogP contribution in [-0.2, 0) is 4.74 Å². The fraction of sp³-hybridized carbons (Fsp3) is 1.00. The van der Waals surface area contributed by atoms with Gasteiger partial charge in [-0.1, -0.05) is 11.7 Å². The summed E-state index contributed by atoms with van der Waals surface area (Å²) in [4.78, 5) is 0. The molecular formula is C7H13NOS2. The van der Waals surface area contributed by atoms with Crippen molar-refractivity contribution in [1.82, 2.24) is 4.31 Å². The first-order valence-electron chi connectivity index (χ1n) is 3.99. The lowest BCUT2D eigenvalue weighted by molar-refractivity contribution is -0.133. The van der Waals surface area contributed by atoms with Crippen molar-refractivity contribution in [2.24, 2.45) is 5.41 Å². The van der Waals surface area contributed by atoms with Crippen LogP contribution in [0.3, 0.4) is 0 Å². The first-order valence-corrected chi connectivity index (χ1v) is 5.81. The van der Waals surface area contributed by atoms with E-state index in [2.05, 4.69) is 16.0 Å². The molecule has 0 bridgehead atoms. The third-order valence-electron chi connectivity index (χ3n) is 2.72. The molecule has 2 saturated heterocycles. The van der Waals surface area contributed by atoms with Crippen molar-refractivity contribution in [2.45, 2.75) is 12.8 Å². The topological polar surface area (TPSA) is 12.5 Å². The van der Waals surface area contributed by atoms with Gasteiger partial charge in [0.2, 0.25) is 0 Å². The molecule has 2 aliphatic heterocycles. The first-order chi connectivity index (χ1) is 5.35. The number of ether oxygens (including phenoxy) is 1. The molecule has 11 heavy (non-hydrogen) atoms. The zero-order valence-electron chi connectivity index (χ0n) is 6.45. The van der Waals surface area contributed by atoms with Crippen LogP contribution in [0, 0.1) is 5.41 Å². The number of hydrogen-bond acceptors (Lipinski definition) is 4. The molecule has 2 heterocycles. The van der Waals surface area contributed by atoms with E-state index in [4.69, 9.17) is 4.74 Å². The third-order valence-corrected chi connectivity index (χ3v) is 4.00. The zero-order chi connectivity index (χ0) is 7.73. The molecule has 0 aliphatic carbocycles. The van der Waals surface area contributed by atoms with Gasteiger partial charge in [0.1, 0.15) is 0 Å². The van der Waals surface area contributed by atoms with Crippen LogP contribution in [0.4, 0.5) is 0 Å². The van der Waals surface area contributed by atoms with Gasteiger partial charge in [0, 0.05) is 18.5 Å². The minimum absolute atomic E-state index is 0.569. The van der Waals surface area contributed by atoms with E-state index in [1.165, 1.54) is 25.9 Å². The van der Waals surface area contributed by atoms with Crippen molar-refractivity contribution >= 4 is 22.6 Å². The summed E-state index contributed by atoms with van der Waals surface area (Å²) in [5.74, 6) is 0. The molecule has 4 heteroatoms. The largest absolute Gasteiger partial charge is 0.380 e. The number of thiol groups is 1. The predicted octanol–water partition coefficient (Wildman–Crippen LogP) is 1.59. The Labute approximate surface area is 76.6 Å². The van der Waals surface area contributed by atoms with E-state index in [0.29, 0.717) is 5.41 Å². The van der Waals surface area contributed by atoms with E-state index in [9.17, 15) is 0 Å². The van der Waals surface area contributed by atoms with Crippen molar-refractivity contribution in [3.63, 3.8) is 0 Å². The van der Waals surface area contributed by atoms with Crippen molar-refractivity contribution in [3.05, 3.63) is 0 Å². The Kier molecular flexibility index (Phi) is 2.37. The molecule has 2 nitrogen and oxygen atoms in total. The summed E-state index contributed by atoms with van der Waals surface area (Å²) < 4.78 is 7.55. The fourth-order valence-corrected chi connectivity index (χ4v) is 2.56. The maximum atomic E-state index is 5.24. The maximum absolute atomic E-state index is 5.24. The molecule has 0 atom stereocenters. The molecule has 0 N–H and O–H groups in total. The van der Waals surface area contributed by atoms with E-state index in [-0.39, 0.29) is 0 Å². The quantitative estimate of drug-likeness (QED) is 0.384. The highest BCUT2D eigenvalue weighted by molar-refractivity contribution is 8.67. The number of nitrogens with zero attached hydrogens (tertiary/aromatic N) is 1. The number of piperidine rings is 1. The number of hydrogen-bond donors (Lipinski definition) is 1. The zero-order valence-corrected chi connectivity index (χ0v) is 8.16. The van der Waals surface area contributed by atoms with Crippen molar-refractivity contribution < 1.29 is 4.74 Å². The van der Waals surface area contributed by atoms with Crippen molar-refractivity contribution in [3.8, 4) is 0 Å². The van der Waals surface area contributed by atoms with E-state index < -0.39 is 0 Å². The molecule has 2 fully saturated rings. The Bertz CT molecular complexity index is 139. The maximum Gasteiger partial charge on any atom is 0.0545 e. The van der Waals surface area contributed by atoms with Crippen LogP contribution in [0.15, 0.2) is 0 Å². The van der Waals surface area contributed by atoms with Gasteiger partial charge >= 0.3 is 0 Å². The molecular weight excluding hydrogens is 178 g/mol. The predicted molar refractivity (Wildman–Crippen MR) is 50.6 cm³/mol. The standard InChI is InChI=1S/C7H13NOS2/c10-11-8-3-1-7(2-4-8)5-9-6-7/h10H,1-6H2. The van der Waals surface area contributed by atoms with Gasteiger partial charge in [0.25, 0.3) is 0 Å². The molecule has 64 valence electrons. The minimum Gasteiger partial charge on any atom is -0.380 e. The summed E-state index contributed by atoms with van der Waals surface area (Å²) in [6.07, 6.45) is 2.58. The summed E-state index contributed by atoms with van der Waals surface area (Å²) in [6, 6.07) is 0. The average Bonchev–Trinajstić information content (AvgIpc) is 2.02. The smallest absolute Gasteiger partial charge is 0.0545 e. The molecule has 0 aromatic carbocycles. The van der Waals surface area contributed by atoms with Crippen LogP contribution in [0.5, 0.6) is 0 Å². The van der Waals surface area contributed by atoms with Crippen LogP contribution in [0.2, 0.25) is 0 Å². The molecule has 0 amide bonds. The molecule has 2 rings (SSSR count). The molecule has 0 aromatic rings. The molecule has 1 spiro atoms. The summed E-state index contributed by atoms with van der Waals surface area (Å²) in [7, 11) is 1.57. The first kappa shape index (κ1) is 8.23. The van der Waals surface area contributed by atoms with Gasteiger partial charge in [-0.2, -0.15) is 0 Å². The number of rotatable bonds is 1. The Morgan fingerprint density at radius 1 is 1.27 bits per heavy atom. The lowest BCUT2D eigenvalue weighted by atomic mass is 9.77. The summed E-state index contributed by atoms with van der Waals surface area (Å²) in [5.41, 5.74) is 0.569. The molecule has 0 aromatic heterocycles. The van der Waals surface area contributed by atoms with Gasteiger partial charge < -0.3 is 4.74 Å². The summed E-state index contributed by atoms with van der Waals surface area (Å²) in [5, 5.41) is 0. The van der Waals surface area contributed by atoms with E-state index in [1.54, 1.807) is 11.0 Å². The lowest BCUT2D eigenvalue weighted by Crippen LogP contribution is -2.49. The highest BCUT2D eigenvalue weighted by Crippen LogP contribution is 2.39. The van der Waals surface area contributed by atoms with Gasteiger partial charge in [-0.15, -0.1) is 0 Å². The van der Waals surface area contributed by atoms with Crippen molar-refractivity contribution in [2.75, 3.05) is 26.3 Å². The Hall–Kier alpha value is 0.620. The second kappa shape index (κ2) is 3.17. The summed E-state index contributed by atoms with van der Waals surface area (Å²) >= 11 is 4.18. The van der Waals surface area contributed by atoms with E-state index in [1.807, 2.05) is 0 Å². The van der Waals surface area contributed by atoms with Gasteiger partial charge in [-0.25, -0.2) is 4.31 Å². The van der Waals surface area contributed by atoms with Crippen LogP contribution in [0.25, 0.3) is 0 Å². The second-order valence-electron chi connectivity index (χ2n) is 3.50. The normalized spacial score (nSPS) is 30.3. The van der Waals surface area contributed by atoms with Crippen LogP contribution < -0.4 is 0 Å². The Morgan fingerprint density at radius 2 is 1.91 bits per heavy atom. The lowest BCUT2D eigenvalue weighted by Gasteiger charge is -2.46. The van der Waals surface area contributed by atoms with Gasteiger partial charge in [0.05, 0.1) is 13.2 Å². The van der Waals surface area contributed by atoms with E-state index >= 15 is 0 Å². The molecule has 0 unspecified atom stereocenters. The van der Waals surface area contributed by atoms with Crippen LogP contribution in [-0.4, -0.2) is 30.6 Å². The van der Waals surface area contributed by atoms with Gasteiger partial charge in [-0.3, -0.25) is 0 Å². The highest BCUT2D eigenvalue weighted by Gasteiger charge is 2.40. The molecule has 0 saturated carbocycles. The minimum atomic E-state index is 0.569. The average molecular weight is 191 g/mol.